The standard InChI is InChI=1S/C18H20N2O/c1-4-21-17-6-5-11-20-12-16(19-18(17)20)15-9-7-14(8-10-15)13(2)3/h5-13H,4H2,1-3H3. The van der Waals surface area contributed by atoms with Crippen LogP contribution < -0.4 is 4.74 Å². The summed E-state index contributed by atoms with van der Waals surface area (Å²) in [5, 5.41) is 0. The Bertz CT molecular complexity index is 742. The first-order valence-corrected chi connectivity index (χ1v) is 7.40. The second kappa shape index (κ2) is 5.60. The lowest BCUT2D eigenvalue weighted by Gasteiger charge is -2.05. The van der Waals surface area contributed by atoms with Crippen molar-refractivity contribution in [2.45, 2.75) is 26.7 Å². The average Bonchev–Trinajstić information content (AvgIpc) is 2.93. The van der Waals surface area contributed by atoms with Gasteiger partial charge in [-0.1, -0.05) is 38.1 Å². The summed E-state index contributed by atoms with van der Waals surface area (Å²) in [6.45, 7) is 7.03. The van der Waals surface area contributed by atoms with E-state index in [0.717, 1.165) is 22.7 Å². The van der Waals surface area contributed by atoms with Gasteiger partial charge in [0.1, 0.15) is 0 Å². The zero-order chi connectivity index (χ0) is 14.8. The van der Waals surface area contributed by atoms with E-state index < -0.39 is 0 Å². The monoisotopic (exact) mass is 280 g/mol. The molecule has 0 spiro atoms. The summed E-state index contributed by atoms with van der Waals surface area (Å²) < 4.78 is 7.65. The maximum absolute atomic E-state index is 5.64. The topological polar surface area (TPSA) is 26.5 Å². The molecule has 0 amide bonds. The third-order valence-corrected chi connectivity index (χ3v) is 3.62. The quantitative estimate of drug-likeness (QED) is 0.702. The number of hydrogen-bond donors (Lipinski definition) is 0. The van der Waals surface area contributed by atoms with Crippen LogP contribution in [-0.4, -0.2) is 16.0 Å². The lowest BCUT2D eigenvalue weighted by Crippen LogP contribution is -1.94. The van der Waals surface area contributed by atoms with Crippen LogP contribution >= 0.6 is 0 Å². The van der Waals surface area contributed by atoms with Crippen LogP contribution in [0.15, 0.2) is 48.8 Å². The zero-order valence-electron chi connectivity index (χ0n) is 12.7. The number of ether oxygens (including phenoxy) is 1. The molecule has 0 N–H and O–H groups in total. The van der Waals surface area contributed by atoms with Crippen LogP contribution in [0.25, 0.3) is 16.9 Å². The molecule has 3 aromatic rings. The van der Waals surface area contributed by atoms with E-state index in [0.29, 0.717) is 12.5 Å². The second-order valence-electron chi connectivity index (χ2n) is 5.44. The van der Waals surface area contributed by atoms with Gasteiger partial charge in [-0.05, 0) is 30.5 Å². The summed E-state index contributed by atoms with van der Waals surface area (Å²) in [6.07, 6.45) is 4.04. The fraction of sp³-hybridized carbons (Fsp3) is 0.278. The normalized spacial score (nSPS) is 11.2. The first kappa shape index (κ1) is 13.7. The van der Waals surface area contributed by atoms with Crippen molar-refractivity contribution in [3.8, 4) is 17.0 Å². The van der Waals surface area contributed by atoms with Gasteiger partial charge in [0.25, 0.3) is 0 Å². The van der Waals surface area contributed by atoms with E-state index >= 15 is 0 Å². The molecule has 0 fully saturated rings. The summed E-state index contributed by atoms with van der Waals surface area (Å²) in [5.74, 6) is 1.37. The summed E-state index contributed by atoms with van der Waals surface area (Å²) in [4.78, 5) is 4.71. The molecule has 0 aliphatic carbocycles. The molecular weight excluding hydrogens is 260 g/mol. The highest BCUT2D eigenvalue weighted by Crippen LogP contribution is 2.25. The van der Waals surface area contributed by atoms with Crippen LogP contribution in [-0.2, 0) is 0 Å². The van der Waals surface area contributed by atoms with Gasteiger partial charge in [0, 0.05) is 18.0 Å². The lowest BCUT2D eigenvalue weighted by molar-refractivity contribution is 0.342. The third-order valence-electron chi connectivity index (χ3n) is 3.62. The predicted molar refractivity (Wildman–Crippen MR) is 85.9 cm³/mol. The molecule has 0 saturated heterocycles. The summed E-state index contributed by atoms with van der Waals surface area (Å²) >= 11 is 0. The Morgan fingerprint density at radius 1 is 1.14 bits per heavy atom. The van der Waals surface area contributed by atoms with Crippen LogP contribution in [0, 0.1) is 0 Å². The van der Waals surface area contributed by atoms with E-state index in [1.165, 1.54) is 5.56 Å². The van der Waals surface area contributed by atoms with E-state index in [1.54, 1.807) is 0 Å². The zero-order valence-corrected chi connectivity index (χ0v) is 12.7. The number of rotatable bonds is 4. The molecule has 0 bridgehead atoms. The van der Waals surface area contributed by atoms with Gasteiger partial charge in [-0.25, -0.2) is 4.98 Å². The second-order valence-corrected chi connectivity index (χ2v) is 5.44. The lowest BCUT2D eigenvalue weighted by atomic mass is 10.0. The number of nitrogens with zero attached hydrogens (tertiary/aromatic N) is 2. The van der Waals surface area contributed by atoms with Crippen molar-refractivity contribution >= 4 is 5.65 Å². The van der Waals surface area contributed by atoms with E-state index in [-0.39, 0.29) is 0 Å². The fourth-order valence-electron chi connectivity index (χ4n) is 2.43. The van der Waals surface area contributed by atoms with Crippen LogP contribution in [0.4, 0.5) is 0 Å². The van der Waals surface area contributed by atoms with Gasteiger partial charge in [0.05, 0.1) is 12.3 Å². The van der Waals surface area contributed by atoms with Crippen LogP contribution in [0.1, 0.15) is 32.3 Å². The molecule has 0 unspecified atom stereocenters. The van der Waals surface area contributed by atoms with Crippen molar-refractivity contribution in [1.82, 2.24) is 9.38 Å². The van der Waals surface area contributed by atoms with Gasteiger partial charge < -0.3 is 9.14 Å². The predicted octanol–water partition coefficient (Wildman–Crippen LogP) is 4.52. The Hall–Kier alpha value is -2.29. The first-order valence-electron chi connectivity index (χ1n) is 7.40. The Labute approximate surface area is 125 Å². The molecule has 0 radical (unpaired) electrons. The minimum atomic E-state index is 0.546. The molecule has 2 heterocycles. The van der Waals surface area contributed by atoms with E-state index in [2.05, 4.69) is 38.1 Å². The van der Waals surface area contributed by atoms with Crippen LogP contribution in [0.2, 0.25) is 0 Å². The Morgan fingerprint density at radius 2 is 1.90 bits per heavy atom. The molecule has 3 rings (SSSR count). The molecule has 1 aromatic carbocycles. The number of pyridine rings is 1. The summed E-state index contributed by atoms with van der Waals surface area (Å²) in [5.41, 5.74) is 4.31. The molecular formula is C18H20N2O. The Morgan fingerprint density at radius 3 is 2.57 bits per heavy atom. The molecule has 0 aliphatic heterocycles. The molecule has 3 heteroatoms. The van der Waals surface area contributed by atoms with Gasteiger partial charge >= 0.3 is 0 Å². The number of fused-ring (bicyclic) bond motifs is 1. The van der Waals surface area contributed by atoms with Crippen molar-refractivity contribution in [1.29, 1.82) is 0 Å². The van der Waals surface area contributed by atoms with Crippen LogP contribution in [0.3, 0.4) is 0 Å². The molecule has 3 nitrogen and oxygen atoms in total. The summed E-state index contributed by atoms with van der Waals surface area (Å²) in [6, 6.07) is 12.6. The van der Waals surface area contributed by atoms with Gasteiger partial charge in [0.15, 0.2) is 11.4 Å². The van der Waals surface area contributed by atoms with Gasteiger partial charge in [-0.3, -0.25) is 0 Å². The smallest absolute Gasteiger partial charge is 0.180 e. The molecule has 108 valence electrons. The van der Waals surface area contributed by atoms with Crippen molar-refractivity contribution < 1.29 is 4.74 Å². The maximum atomic E-state index is 5.64. The number of aromatic nitrogens is 2. The minimum Gasteiger partial charge on any atom is -0.490 e. The van der Waals surface area contributed by atoms with Crippen molar-refractivity contribution in [3.05, 3.63) is 54.4 Å². The average molecular weight is 280 g/mol. The largest absolute Gasteiger partial charge is 0.490 e. The molecule has 21 heavy (non-hydrogen) atoms. The number of benzene rings is 1. The first-order chi connectivity index (χ1) is 10.2. The van der Waals surface area contributed by atoms with E-state index in [1.807, 2.05) is 35.9 Å². The molecule has 0 aliphatic rings. The number of hydrogen-bond acceptors (Lipinski definition) is 2. The van der Waals surface area contributed by atoms with Gasteiger partial charge in [-0.15, -0.1) is 0 Å². The number of imidazole rings is 1. The Balaban J connectivity index is 2.02. The molecule has 0 saturated carbocycles. The van der Waals surface area contributed by atoms with Crippen molar-refractivity contribution in [3.63, 3.8) is 0 Å². The highest BCUT2D eigenvalue weighted by Gasteiger charge is 2.09. The fourth-order valence-corrected chi connectivity index (χ4v) is 2.43. The van der Waals surface area contributed by atoms with Gasteiger partial charge in [-0.2, -0.15) is 0 Å². The van der Waals surface area contributed by atoms with Gasteiger partial charge in [0.2, 0.25) is 0 Å². The van der Waals surface area contributed by atoms with E-state index in [9.17, 15) is 0 Å². The van der Waals surface area contributed by atoms with Crippen molar-refractivity contribution in [2.75, 3.05) is 6.61 Å². The van der Waals surface area contributed by atoms with Crippen molar-refractivity contribution in [2.24, 2.45) is 0 Å². The van der Waals surface area contributed by atoms with Crippen LogP contribution in [0.5, 0.6) is 5.75 Å². The molecule has 0 atom stereocenters. The SMILES string of the molecule is CCOc1cccn2cc(-c3ccc(C(C)C)cc3)nc12. The summed E-state index contributed by atoms with van der Waals surface area (Å²) in [7, 11) is 0. The maximum Gasteiger partial charge on any atom is 0.180 e. The molecule has 2 aromatic heterocycles. The van der Waals surface area contributed by atoms with E-state index in [4.69, 9.17) is 9.72 Å². The minimum absolute atomic E-state index is 0.546. The Kier molecular flexibility index (Phi) is 3.65. The highest BCUT2D eigenvalue weighted by atomic mass is 16.5. The third kappa shape index (κ3) is 2.64. The highest BCUT2D eigenvalue weighted by molar-refractivity contribution is 5.66.